The Balaban J connectivity index is 2.35. The monoisotopic (exact) mass is 274 g/mol. The second kappa shape index (κ2) is 5.29. The van der Waals surface area contributed by atoms with E-state index in [0.717, 1.165) is 11.4 Å². The second-order valence-electron chi connectivity index (χ2n) is 5.71. The number of halogens is 1. The van der Waals surface area contributed by atoms with Gasteiger partial charge in [-0.05, 0) is 29.7 Å². The third-order valence-corrected chi connectivity index (χ3v) is 5.45. The Morgan fingerprint density at radius 3 is 2.33 bits per heavy atom. The molecule has 0 bridgehead atoms. The van der Waals surface area contributed by atoms with Gasteiger partial charge in [0.05, 0.1) is 8.07 Å². The zero-order chi connectivity index (χ0) is 13.2. The average molecular weight is 275 g/mol. The maximum atomic E-state index is 6.05. The summed E-state index contributed by atoms with van der Waals surface area (Å²) < 4.78 is 0. The molecule has 2 heteroatoms. The number of hydrogen-bond donors (Lipinski definition) is 0. The van der Waals surface area contributed by atoms with E-state index in [0.29, 0.717) is 0 Å². The van der Waals surface area contributed by atoms with Crippen LogP contribution in [0, 0.1) is 0 Å². The Bertz CT molecular complexity index is 541. The Labute approximate surface area is 116 Å². The van der Waals surface area contributed by atoms with E-state index in [1.165, 1.54) is 11.1 Å². The lowest BCUT2D eigenvalue weighted by molar-refractivity contribution is 1.20. The summed E-state index contributed by atoms with van der Waals surface area (Å²) in [6.07, 6.45) is 0.973. The summed E-state index contributed by atoms with van der Waals surface area (Å²) in [6, 6.07) is 17.0. The first-order valence-corrected chi connectivity index (χ1v) is 10.2. The Hall–Kier alpha value is -1.05. The zero-order valence-electron chi connectivity index (χ0n) is 11.2. The van der Waals surface area contributed by atoms with Crippen molar-refractivity contribution in [3.63, 3.8) is 0 Å². The van der Waals surface area contributed by atoms with Gasteiger partial charge in [-0.2, -0.15) is 0 Å². The highest BCUT2D eigenvalue weighted by molar-refractivity contribution is 6.89. The molecule has 0 radical (unpaired) electrons. The molecule has 0 atom stereocenters. The summed E-state index contributed by atoms with van der Waals surface area (Å²) in [4.78, 5) is 0. The summed E-state index contributed by atoms with van der Waals surface area (Å²) in [7, 11) is -1.28. The fourth-order valence-corrected chi connectivity index (χ4v) is 4.22. The van der Waals surface area contributed by atoms with Gasteiger partial charge in [0, 0.05) is 5.02 Å². The molecule has 0 aliphatic carbocycles. The van der Waals surface area contributed by atoms with E-state index in [1.54, 1.807) is 5.19 Å². The third-order valence-electron chi connectivity index (χ3n) is 3.11. The van der Waals surface area contributed by atoms with Gasteiger partial charge < -0.3 is 0 Å². The molecule has 0 nitrogen and oxygen atoms in total. The predicted octanol–water partition coefficient (Wildman–Crippen LogP) is 4.48. The molecular weight excluding hydrogens is 256 g/mol. The quantitative estimate of drug-likeness (QED) is 0.724. The Morgan fingerprint density at radius 1 is 0.944 bits per heavy atom. The summed E-state index contributed by atoms with van der Waals surface area (Å²) in [5, 5.41) is 2.36. The van der Waals surface area contributed by atoms with Crippen LogP contribution in [0.5, 0.6) is 0 Å². The number of benzene rings is 2. The molecule has 0 fully saturated rings. The molecule has 0 aliphatic rings. The molecule has 2 aromatic rings. The smallest absolute Gasteiger partial charge is 0.0779 e. The van der Waals surface area contributed by atoms with Gasteiger partial charge in [0.2, 0.25) is 0 Å². The van der Waals surface area contributed by atoms with Crippen LogP contribution in [0.15, 0.2) is 48.5 Å². The van der Waals surface area contributed by atoms with Gasteiger partial charge in [-0.3, -0.25) is 0 Å². The van der Waals surface area contributed by atoms with Crippen molar-refractivity contribution in [2.75, 3.05) is 0 Å². The molecule has 2 rings (SSSR count). The van der Waals surface area contributed by atoms with Crippen LogP contribution in [-0.2, 0) is 6.42 Å². The van der Waals surface area contributed by atoms with Crippen LogP contribution in [-0.4, -0.2) is 8.07 Å². The van der Waals surface area contributed by atoms with Gasteiger partial charge in [-0.25, -0.2) is 0 Å². The first-order chi connectivity index (χ1) is 8.47. The van der Waals surface area contributed by atoms with Gasteiger partial charge in [-0.1, -0.05) is 72.8 Å². The van der Waals surface area contributed by atoms with Crippen LogP contribution in [0.3, 0.4) is 0 Å². The van der Waals surface area contributed by atoms with E-state index in [-0.39, 0.29) is 0 Å². The van der Waals surface area contributed by atoms with Crippen molar-refractivity contribution >= 4 is 24.9 Å². The summed E-state index contributed by atoms with van der Waals surface area (Å²) in [5.41, 5.74) is 2.73. The summed E-state index contributed by atoms with van der Waals surface area (Å²) in [5.74, 6) is 0. The maximum absolute atomic E-state index is 6.05. The summed E-state index contributed by atoms with van der Waals surface area (Å²) in [6.45, 7) is 7.18. The molecule has 0 saturated carbocycles. The van der Waals surface area contributed by atoms with Crippen molar-refractivity contribution in [3.8, 4) is 0 Å². The summed E-state index contributed by atoms with van der Waals surface area (Å²) >= 11 is 6.05. The molecule has 0 heterocycles. The highest BCUT2D eigenvalue weighted by Crippen LogP contribution is 2.16. The van der Waals surface area contributed by atoms with E-state index in [2.05, 4.69) is 56.0 Å². The lowest BCUT2D eigenvalue weighted by Gasteiger charge is -2.21. The van der Waals surface area contributed by atoms with Gasteiger partial charge in [0.1, 0.15) is 0 Å². The molecule has 18 heavy (non-hydrogen) atoms. The SMILES string of the molecule is C[Si](C)(C)c1ccccc1Cc1cccc(Cl)c1. The van der Waals surface area contributed by atoms with E-state index in [1.807, 2.05) is 12.1 Å². The molecule has 94 valence electrons. The van der Waals surface area contributed by atoms with Crippen LogP contribution < -0.4 is 5.19 Å². The lowest BCUT2D eigenvalue weighted by Crippen LogP contribution is -2.40. The van der Waals surface area contributed by atoms with Crippen LogP contribution in [0.25, 0.3) is 0 Å². The highest BCUT2D eigenvalue weighted by atomic mass is 35.5. The normalized spacial score (nSPS) is 11.6. The molecule has 0 unspecified atom stereocenters. The van der Waals surface area contributed by atoms with Crippen molar-refractivity contribution in [1.82, 2.24) is 0 Å². The first-order valence-electron chi connectivity index (χ1n) is 6.29. The van der Waals surface area contributed by atoms with Gasteiger partial charge >= 0.3 is 0 Å². The van der Waals surface area contributed by atoms with E-state index in [4.69, 9.17) is 11.6 Å². The Kier molecular flexibility index (Phi) is 3.93. The molecule has 0 saturated heterocycles. The van der Waals surface area contributed by atoms with Crippen molar-refractivity contribution in [2.24, 2.45) is 0 Å². The first kappa shape index (κ1) is 13.4. The average Bonchev–Trinajstić information content (AvgIpc) is 2.28. The van der Waals surface area contributed by atoms with Crippen LogP contribution >= 0.6 is 11.6 Å². The van der Waals surface area contributed by atoms with Crippen molar-refractivity contribution in [2.45, 2.75) is 26.1 Å². The third kappa shape index (κ3) is 3.24. The van der Waals surface area contributed by atoms with Gasteiger partial charge in [0.25, 0.3) is 0 Å². The zero-order valence-corrected chi connectivity index (χ0v) is 13.0. The van der Waals surface area contributed by atoms with Crippen LogP contribution in [0.2, 0.25) is 24.7 Å². The fourth-order valence-electron chi connectivity index (χ4n) is 2.27. The largest absolute Gasteiger partial charge is 0.0843 e. The molecule has 2 aromatic carbocycles. The number of hydrogen-bond acceptors (Lipinski definition) is 0. The van der Waals surface area contributed by atoms with E-state index in [9.17, 15) is 0 Å². The van der Waals surface area contributed by atoms with Crippen LogP contribution in [0.1, 0.15) is 11.1 Å². The molecule has 0 aliphatic heterocycles. The maximum Gasteiger partial charge on any atom is 0.0779 e. The van der Waals surface area contributed by atoms with Gasteiger partial charge in [0.15, 0.2) is 0 Å². The number of rotatable bonds is 3. The van der Waals surface area contributed by atoms with Crippen molar-refractivity contribution in [1.29, 1.82) is 0 Å². The van der Waals surface area contributed by atoms with Crippen molar-refractivity contribution in [3.05, 3.63) is 64.7 Å². The minimum atomic E-state index is -1.28. The second-order valence-corrected chi connectivity index (χ2v) is 11.2. The molecule has 0 spiro atoms. The fraction of sp³-hybridized carbons (Fsp3) is 0.250. The van der Waals surface area contributed by atoms with E-state index < -0.39 is 8.07 Å². The van der Waals surface area contributed by atoms with E-state index >= 15 is 0 Å². The Morgan fingerprint density at radius 2 is 1.67 bits per heavy atom. The van der Waals surface area contributed by atoms with Gasteiger partial charge in [-0.15, -0.1) is 0 Å². The molecule has 0 aromatic heterocycles. The topological polar surface area (TPSA) is 0 Å². The highest BCUT2D eigenvalue weighted by Gasteiger charge is 2.19. The predicted molar refractivity (Wildman–Crippen MR) is 83.7 cm³/mol. The molecule has 0 N–H and O–H groups in total. The molecule has 0 amide bonds. The van der Waals surface area contributed by atoms with Crippen LogP contribution in [0.4, 0.5) is 0 Å². The lowest BCUT2D eigenvalue weighted by atomic mass is 10.1. The minimum absolute atomic E-state index is 0.818. The standard InChI is InChI=1S/C16H19ClSi/c1-18(2,3)16-10-5-4-8-14(16)11-13-7-6-9-15(17)12-13/h4-10,12H,11H2,1-3H3. The van der Waals surface area contributed by atoms with Crippen molar-refractivity contribution < 1.29 is 0 Å². The molecular formula is C16H19ClSi. The minimum Gasteiger partial charge on any atom is -0.0843 e.